The summed E-state index contributed by atoms with van der Waals surface area (Å²) in [5.41, 5.74) is 4.08. The van der Waals surface area contributed by atoms with Crippen molar-refractivity contribution < 1.29 is 14.0 Å². The zero-order valence-electron chi connectivity index (χ0n) is 20.2. The van der Waals surface area contributed by atoms with E-state index in [2.05, 4.69) is 17.4 Å². The number of benzene rings is 1. The van der Waals surface area contributed by atoms with Crippen LogP contribution in [0.25, 0.3) is 0 Å². The van der Waals surface area contributed by atoms with Gasteiger partial charge in [0.15, 0.2) is 0 Å². The number of fused-ring (bicyclic) bond motifs is 1. The third-order valence-electron chi connectivity index (χ3n) is 6.30. The molecule has 0 spiro atoms. The highest BCUT2D eigenvalue weighted by Gasteiger charge is 2.21. The van der Waals surface area contributed by atoms with Crippen LogP contribution in [0.1, 0.15) is 69.5 Å². The van der Waals surface area contributed by atoms with E-state index >= 15 is 0 Å². The average Bonchev–Trinajstić information content (AvgIpc) is 3.33. The van der Waals surface area contributed by atoms with E-state index in [1.807, 2.05) is 5.38 Å². The molecule has 4 rings (SSSR count). The number of rotatable bonds is 10. The molecule has 1 unspecified atom stereocenters. The van der Waals surface area contributed by atoms with Gasteiger partial charge in [0.25, 0.3) is 5.91 Å². The SMILES string of the molecule is CN(C)C(=O)c1ccc(C(CC=O)c2nc(CCCCc3ccc4c(n3)NCCC4)cs2)cc1F. The number of amides is 1. The number of unbranched alkanes of at least 4 members (excludes halogenated alkanes) is 1. The summed E-state index contributed by atoms with van der Waals surface area (Å²) in [6.45, 7) is 0.992. The molecule has 0 fully saturated rings. The molecule has 1 aliphatic heterocycles. The molecule has 6 nitrogen and oxygen atoms in total. The molecule has 1 aliphatic rings. The maximum absolute atomic E-state index is 14.7. The first kappa shape index (κ1) is 25.0. The van der Waals surface area contributed by atoms with Gasteiger partial charge >= 0.3 is 0 Å². The Kier molecular flexibility index (Phi) is 8.23. The van der Waals surface area contributed by atoms with Crippen LogP contribution in [0.3, 0.4) is 0 Å². The van der Waals surface area contributed by atoms with Gasteiger partial charge < -0.3 is 15.0 Å². The number of pyridine rings is 1. The van der Waals surface area contributed by atoms with Crippen molar-refractivity contribution in [1.82, 2.24) is 14.9 Å². The molecule has 1 amide bonds. The number of nitrogens with zero attached hydrogens (tertiary/aromatic N) is 3. The second-order valence-corrected chi connectivity index (χ2v) is 10.0. The number of aryl methyl sites for hydroxylation is 3. The lowest BCUT2D eigenvalue weighted by atomic mass is 9.95. The Balaban J connectivity index is 1.36. The van der Waals surface area contributed by atoms with Crippen LogP contribution >= 0.6 is 11.3 Å². The zero-order valence-corrected chi connectivity index (χ0v) is 21.0. The Morgan fingerprint density at radius 2 is 1.97 bits per heavy atom. The standard InChI is InChI=1S/C27H31FN4O2S/c1-32(2)27(34)23-12-10-19(16-24(23)28)22(13-15-33)26-31-21(17-35-26)8-4-3-7-20-11-9-18-6-5-14-29-25(18)30-20/h9-12,15-17,22H,3-8,13-14H2,1-2H3,(H,29,30). The minimum atomic E-state index is -0.583. The van der Waals surface area contributed by atoms with E-state index in [9.17, 15) is 14.0 Å². The molecule has 0 aliphatic carbocycles. The van der Waals surface area contributed by atoms with Gasteiger partial charge in [0.05, 0.1) is 11.3 Å². The van der Waals surface area contributed by atoms with Crippen molar-refractivity contribution in [2.75, 3.05) is 26.0 Å². The highest BCUT2D eigenvalue weighted by Crippen LogP contribution is 2.31. The van der Waals surface area contributed by atoms with Crippen LogP contribution in [-0.2, 0) is 24.1 Å². The Morgan fingerprint density at radius 1 is 1.17 bits per heavy atom. The second-order valence-electron chi connectivity index (χ2n) is 9.12. The number of hydrogen-bond donors (Lipinski definition) is 1. The molecular weight excluding hydrogens is 463 g/mol. The summed E-state index contributed by atoms with van der Waals surface area (Å²) in [6, 6.07) is 8.88. The molecule has 0 saturated heterocycles. The third kappa shape index (κ3) is 6.11. The zero-order chi connectivity index (χ0) is 24.8. The average molecular weight is 495 g/mol. The van der Waals surface area contributed by atoms with Crippen LogP contribution in [0.15, 0.2) is 35.7 Å². The molecule has 35 heavy (non-hydrogen) atoms. The molecule has 0 radical (unpaired) electrons. The number of carbonyl (C=O) groups excluding carboxylic acids is 2. The molecule has 3 heterocycles. The van der Waals surface area contributed by atoms with Crippen LogP contribution in [0.2, 0.25) is 0 Å². The molecule has 2 aromatic heterocycles. The van der Waals surface area contributed by atoms with Gasteiger partial charge in [-0.3, -0.25) is 4.79 Å². The van der Waals surface area contributed by atoms with Crippen molar-refractivity contribution in [1.29, 1.82) is 0 Å². The lowest BCUT2D eigenvalue weighted by molar-refractivity contribution is -0.108. The molecule has 1 aromatic carbocycles. The van der Waals surface area contributed by atoms with E-state index in [-0.39, 0.29) is 23.8 Å². The Hall–Kier alpha value is -3.13. The quantitative estimate of drug-likeness (QED) is 0.316. The lowest BCUT2D eigenvalue weighted by Gasteiger charge is -2.17. The first-order valence-corrected chi connectivity index (χ1v) is 13.0. The first-order chi connectivity index (χ1) is 17.0. The minimum absolute atomic E-state index is 0.0210. The van der Waals surface area contributed by atoms with E-state index in [0.717, 1.165) is 73.6 Å². The van der Waals surface area contributed by atoms with Gasteiger partial charge in [0.2, 0.25) is 0 Å². The van der Waals surface area contributed by atoms with Crippen molar-refractivity contribution in [3.63, 3.8) is 0 Å². The van der Waals surface area contributed by atoms with Gasteiger partial charge in [-0.25, -0.2) is 14.4 Å². The maximum Gasteiger partial charge on any atom is 0.256 e. The fraction of sp³-hybridized carbons (Fsp3) is 0.407. The Labute approximate surface area is 209 Å². The van der Waals surface area contributed by atoms with Gasteiger partial charge in [-0.15, -0.1) is 11.3 Å². The molecule has 3 aromatic rings. The fourth-order valence-corrected chi connectivity index (χ4v) is 5.35. The molecular formula is C27H31FN4O2S. The van der Waals surface area contributed by atoms with Crippen LogP contribution in [0.5, 0.6) is 0 Å². The molecule has 1 atom stereocenters. The highest BCUT2D eigenvalue weighted by atomic mass is 32.1. The number of halogens is 1. The van der Waals surface area contributed by atoms with Crippen LogP contribution in [0, 0.1) is 5.82 Å². The number of aldehydes is 1. The van der Waals surface area contributed by atoms with Gasteiger partial charge in [0.1, 0.15) is 22.9 Å². The van der Waals surface area contributed by atoms with E-state index in [4.69, 9.17) is 9.97 Å². The van der Waals surface area contributed by atoms with Crippen molar-refractivity contribution in [3.8, 4) is 0 Å². The van der Waals surface area contributed by atoms with E-state index in [1.165, 1.54) is 33.9 Å². The number of thiazole rings is 1. The van der Waals surface area contributed by atoms with E-state index < -0.39 is 5.82 Å². The molecule has 184 valence electrons. The topological polar surface area (TPSA) is 75.2 Å². The summed E-state index contributed by atoms with van der Waals surface area (Å²) >= 11 is 1.50. The lowest BCUT2D eigenvalue weighted by Crippen LogP contribution is -2.23. The van der Waals surface area contributed by atoms with Gasteiger partial charge in [0, 0.05) is 44.1 Å². The number of anilines is 1. The summed E-state index contributed by atoms with van der Waals surface area (Å²) in [7, 11) is 3.17. The molecule has 0 saturated carbocycles. The summed E-state index contributed by atoms with van der Waals surface area (Å²) in [5.74, 6) is -0.259. The van der Waals surface area contributed by atoms with Crippen LogP contribution in [0.4, 0.5) is 10.2 Å². The van der Waals surface area contributed by atoms with Gasteiger partial charge in [-0.05, 0) is 67.9 Å². The molecule has 1 N–H and O–H groups in total. The van der Waals surface area contributed by atoms with Crippen molar-refractivity contribution in [2.24, 2.45) is 0 Å². The first-order valence-electron chi connectivity index (χ1n) is 12.1. The monoisotopic (exact) mass is 494 g/mol. The Bertz CT molecular complexity index is 1190. The van der Waals surface area contributed by atoms with Gasteiger partial charge in [-0.1, -0.05) is 12.1 Å². The fourth-order valence-electron chi connectivity index (χ4n) is 4.36. The summed E-state index contributed by atoms with van der Waals surface area (Å²) in [5, 5.41) is 6.20. The Morgan fingerprint density at radius 3 is 2.71 bits per heavy atom. The van der Waals surface area contributed by atoms with Crippen molar-refractivity contribution in [3.05, 3.63) is 74.6 Å². The van der Waals surface area contributed by atoms with Crippen LogP contribution in [-0.4, -0.2) is 47.7 Å². The molecule has 8 heteroatoms. The van der Waals surface area contributed by atoms with Crippen molar-refractivity contribution >= 4 is 29.3 Å². The second kappa shape index (κ2) is 11.5. The molecule has 0 bridgehead atoms. The van der Waals surface area contributed by atoms with Crippen LogP contribution < -0.4 is 5.32 Å². The minimum Gasteiger partial charge on any atom is -0.370 e. The maximum atomic E-state index is 14.7. The predicted octanol–water partition coefficient (Wildman–Crippen LogP) is 5.02. The number of aromatic nitrogens is 2. The van der Waals surface area contributed by atoms with E-state index in [0.29, 0.717) is 5.56 Å². The normalized spacial score (nSPS) is 13.6. The third-order valence-corrected chi connectivity index (χ3v) is 7.31. The van der Waals surface area contributed by atoms with Crippen molar-refractivity contribution in [2.45, 2.75) is 50.9 Å². The smallest absolute Gasteiger partial charge is 0.256 e. The van der Waals surface area contributed by atoms with E-state index in [1.54, 1.807) is 20.2 Å². The summed E-state index contributed by atoms with van der Waals surface area (Å²) in [6.07, 6.45) is 7.09. The highest BCUT2D eigenvalue weighted by molar-refractivity contribution is 7.09. The number of hydrogen-bond acceptors (Lipinski definition) is 6. The number of carbonyl (C=O) groups is 2. The largest absolute Gasteiger partial charge is 0.370 e. The predicted molar refractivity (Wildman–Crippen MR) is 137 cm³/mol. The summed E-state index contributed by atoms with van der Waals surface area (Å²) in [4.78, 5) is 34.4. The number of nitrogens with one attached hydrogen (secondary N) is 1. The van der Waals surface area contributed by atoms with Gasteiger partial charge in [-0.2, -0.15) is 0 Å². The summed E-state index contributed by atoms with van der Waals surface area (Å²) < 4.78 is 14.7.